The fourth-order valence-corrected chi connectivity index (χ4v) is 0.990. The van der Waals surface area contributed by atoms with Crippen LogP contribution in [0.4, 0.5) is 0 Å². The summed E-state index contributed by atoms with van der Waals surface area (Å²) in [6, 6.07) is 0. The van der Waals surface area contributed by atoms with Gasteiger partial charge in [0.1, 0.15) is 0 Å². The van der Waals surface area contributed by atoms with Crippen LogP contribution in [0.25, 0.3) is 0 Å². The van der Waals surface area contributed by atoms with Crippen molar-refractivity contribution in [1.82, 2.24) is 0 Å². The van der Waals surface area contributed by atoms with E-state index in [4.69, 9.17) is 4.65 Å². The third kappa shape index (κ3) is 7.30. The van der Waals surface area contributed by atoms with E-state index in [0.29, 0.717) is 0 Å². The van der Waals surface area contributed by atoms with E-state index >= 15 is 0 Å². The average molecular weight is 217 g/mol. The maximum Gasteiger partial charge on any atom is 0.330 e. The van der Waals surface area contributed by atoms with Crippen molar-refractivity contribution < 1.29 is 4.65 Å². The zero-order chi connectivity index (χ0) is 12.8. The van der Waals surface area contributed by atoms with Crippen LogP contribution in [0.1, 0.15) is 34.6 Å². The molecule has 0 spiro atoms. The minimum atomic E-state index is -0.176. The Kier molecular flexibility index (Phi) is 6.13. The van der Waals surface area contributed by atoms with E-state index in [1.165, 1.54) is 0 Å². The summed E-state index contributed by atoms with van der Waals surface area (Å²) in [5, 5.41) is 0. The zero-order valence-corrected chi connectivity index (χ0v) is 11.1. The number of rotatable bonds is 5. The number of hydrogen-bond acceptors (Lipinski definition) is 1. The van der Waals surface area contributed by atoms with Crippen molar-refractivity contribution in [2.24, 2.45) is 0 Å². The van der Waals surface area contributed by atoms with Crippen molar-refractivity contribution in [2.45, 2.75) is 40.2 Å². The van der Waals surface area contributed by atoms with Gasteiger partial charge < -0.3 is 4.65 Å². The second kappa shape index (κ2) is 6.54. The molecule has 1 nitrogen and oxygen atoms in total. The summed E-state index contributed by atoms with van der Waals surface area (Å²) in [7, 11) is 1.69. The van der Waals surface area contributed by atoms with Gasteiger partial charge in [-0.15, -0.1) is 6.58 Å². The smallest absolute Gasteiger partial charge is 0.330 e. The molecule has 0 saturated carbocycles. The Morgan fingerprint density at radius 3 is 2.25 bits per heavy atom. The Morgan fingerprint density at radius 1 is 1.25 bits per heavy atom. The summed E-state index contributed by atoms with van der Waals surface area (Å²) >= 11 is 0. The van der Waals surface area contributed by atoms with Crippen LogP contribution in [0, 0.1) is 0 Å². The third-order valence-corrected chi connectivity index (χ3v) is 1.84. The van der Waals surface area contributed by atoms with Crippen LogP contribution >= 0.6 is 0 Å². The highest BCUT2D eigenvalue weighted by Crippen LogP contribution is 2.12. The van der Waals surface area contributed by atoms with Crippen molar-refractivity contribution in [1.29, 1.82) is 0 Å². The lowest BCUT2D eigenvalue weighted by Gasteiger charge is -2.19. The van der Waals surface area contributed by atoms with Crippen molar-refractivity contribution >= 4 is 7.48 Å². The molecular formula is C14H22BO. The predicted octanol–water partition coefficient (Wildman–Crippen LogP) is 4.01. The van der Waals surface area contributed by atoms with Crippen LogP contribution in [0.3, 0.4) is 0 Å². The van der Waals surface area contributed by atoms with Gasteiger partial charge in [-0.25, -0.2) is 0 Å². The average Bonchev–Trinajstić information content (AvgIpc) is 2.14. The van der Waals surface area contributed by atoms with Gasteiger partial charge in [0.25, 0.3) is 0 Å². The largest absolute Gasteiger partial charge is 0.430 e. The van der Waals surface area contributed by atoms with E-state index in [2.05, 4.69) is 13.2 Å². The standard InChI is InChI=1S/C14H22BO/c1-8-9-11(2)12(3)10-13(4)15-16-14(5,6)7/h8-10H,2,4H2,1,3,5-7H3. The Morgan fingerprint density at radius 2 is 1.81 bits per heavy atom. The molecule has 0 aliphatic rings. The maximum atomic E-state index is 5.51. The molecule has 0 saturated heterocycles. The molecule has 0 aromatic carbocycles. The summed E-state index contributed by atoms with van der Waals surface area (Å²) in [6.45, 7) is 17.9. The Hall–Kier alpha value is -1.02. The quantitative estimate of drug-likeness (QED) is 0.499. The molecule has 0 fully saturated rings. The van der Waals surface area contributed by atoms with E-state index in [1.54, 1.807) is 7.48 Å². The van der Waals surface area contributed by atoms with Crippen molar-refractivity contribution in [2.75, 3.05) is 0 Å². The first kappa shape index (κ1) is 15.0. The Bertz CT molecular complexity index is 316. The normalized spacial score (nSPS) is 12.9. The highest BCUT2D eigenvalue weighted by Gasteiger charge is 2.10. The van der Waals surface area contributed by atoms with Gasteiger partial charge in [-0.05, 0) is 45.8 Å². The molecule has 0 bridgehead atoms. The lowest BCUT2D eigenvalue weighted by molar-refractivity contribution is 0.141. The molecule has 0 aromatic rings. The van der Waals surface area contributed by atoms with E-state index in [-0.39, 0.29) is 5.60 Å². The SMILES string of the molecule is C=C([B]OC(C)(C)C)C=C(C)C(=C)C=CC. The number of hydrogen-bond donors (Lipinski definition) is 0. The van der Waals surface area contributed by atoms with E-state index in [9.17, 15) is 0 Å². The van der Waals surface area contributed by atoms with Gasteiger partial charge in [0.05, 0.1) is 0 Å². The van der Waals surface area contributed by atoms with Crippen LogP contribution in [0.15, 0.2) is 48.0 Å². The zero-order valence-electron chi connectivity index (χ0n) is 11.1. The molecule has 0 N–H and O–H groups in total. The summed E-state index contributed by atoms with van der Waals surface area (Å²) in [6.07, 6.45) is 5.91. The monoisotopic (exact) mass is 217 g/mol. The highest BCUT2D eigenvalue weighted by molar-refractivity contribution is 6.39. The molecule has 87 valence electrons. The first-order chi connectivity index (χ1) is 7.26. The molecule has 2 heteroatoms. The molecule has 0 heterocycles. The van der Waals surface area contributed by atoms with Gasteiger partial charge in [0, 0.05) is 5.60 Å². The maximum absolute atomic E-state index is 5.51. The van der Waals surface area contributed by atoms with Crippen molar-refractivity contribution in [3.8, 4) is 0 Å². The summed E-state index contributed by atoms with van der Waals surface area (Å²) in [5.74, 6) is 0. The van der Waals surface area contributed by atoms with E-state index in [1.807, 2.05) is 52.8 Å². The van der Waals surface area contributed by atoms with Gasteiger partial charge in [0.15, 0.2) is 0 Å². The molecule has 0 aliphatic heterocycles. The van der Waals surface area contributed by atoms with Gasteiger partial charge >= 0.3 is 7.48 Å². The minimum Gasteiger partial charge on any atom is -0.430 e. The lowest BCUT2D eigenvalue weighted by Crippen LogP contribution is -2.22. The Balaban J connectivity index is 4.32. The van der Waals surface area contributed by atoms with E-state index in [0.717, 1.165) is 16.6 Å². The molecule has 0 aliphatic carbocycles. The minimum absolute atomic E-state index is 0.176. The van der Waals surface area contributed by atoms with Crippen LogP contribution < -0.4 is 0 Å². The Labute approximate surface area is 101 Å². The number of allylic oxidation sites excluding steroid dienone is 6. The second-order valence-corrected chi connectivity index (χ2v) is 4.78. The van der Waals surface area contributed by atoms with Gasteiger partial charge in [-0.1, -0.05) is 30.3 Å². The van der Waals surface area contributed by atoms with Gasteiger partial charge in [0.2, 0.25) is 0 Å². The molecule has 0 amide bonds. The topological polar surface area (TPSA) is 9.23 Å². The molecule has 0 unspecified atom stereocenters. The first-order valence-electron chi connectivity index (χ1n) is 5.46. The third-order valence-electron chi connectivity index (χ3n) is 1.84. The van der Waals surface area contributed by atoms with Crippen molar-refractivity contribution in [3.05, 3.63) is 48.0 Å². The second-order valence-electron chi connectivity index (χ2n) is 4.78. The van der Waals surface area contributed by atoms with Gasteiger partial charge in [-0.2, -0.15) is 0 Å². The predicted molar refractivity (Wildman–Crippen MR) is 73.4 cm³/mol. The highest BCUT2D eigenvalue weighted by atomic mass is 16.5. The molecule has 0 rings (SSSR count). The molecule has 16 heavy (non-hydrogen) atoms. The fraction of sp³-hybridized carbons (Fsp3) is 0.429. The van der Waals surface area contributed by atoms with Gasteiger partial charge in [-0.3, -0.25) is 0 Å². The summed E-state index contributed by atoms with van der Waals surface area (Å²) in [4.78, 5) is 0. The fourth-order valence-electron chi connectivity index (χ4n) is 0.990. The van der Waals surface area contributed by atoms with E-state index < -0.39 is 0 Å². The first-order valence-corrected chi connectivity index (χ1v) is 5.46. The van der Waals surface area contributed by atoms with Crippen molar-refractivity contribution in [3.63, 3.8) is 0 Å². The molecule has 0 atom stereocenters. The van der Waals surface area contributed by atoms with Crippen LogP contribution in [0.5, 0.6) is 0 Å². The lowest BCUT2D eigenvalue weighted by atomic mass is 9.85. The van der Waals surface area contributed by atoms with Crippen LogP contribution in [0.2, 0.25) is 0 Å². The molecular weight excluding hydrogens is 195 g/mol. The summed E-state index contributed by atoms with van der Waals surface area (Å²) < 4.78 is 5.51. The van der Waals surface area contributed by atoms with Crippen LogP contribution in [-0.4, -0.2) is 13.1 Å². The molecule has 1 radical (unpaired) electrons. The summed E-state index contributed by atoms with van der Waals surface area (Å²) in [5.41, 5.74) is 2.76. The molecule has 0 aromatic heterocycles. The van der Waals surface area contributed by atoms with Crippen LogP contribution in [-0.2, 0) is 4.65 Å².